The fourth-order valence-electron chi connectivity index (χ4n) is 3.28. The predicted octanol–water partition coefficient (Wildman–Crippen LogP) is 1.77. The first-order chi connectivity index (χ1) is 8.21. The van der Waals surface area contributed by atoms with Crippen molar-refractivity contribution in [2.24, 2.45) is 0 Å². The van der Waals surface area contributed by atoms with Crippen molar-refractivity contribution in [1.29, 1.82) is 0 Å². The molecule has 0 spiro atoms. The van der Waals surface area contributed by atoms with E-state index in [1.165, 1.54) is 0 Å². The Morgan fingerprint density at radius 2 is 2.18 bits per heavy atom. The molecule has 2 unspecified atom stereocenters. The number of halogens is 1. The van der Waals surface area contributed by atoms with Gasteiger partial charge in [0.15, 0.2) is 5.67 Å². The summed E-state index contributed by atoms with van der Waals surface area (Å²) >= 11 is 0. The molecule has 0 aromatic carbocycles. The molecule has 1 aromatic rings. The zero-order valence-electron chi connectivity index (χ0n) is 10.2. The van der Waals surface area contributed by atoms with Crippen molar-refractivity contribution in [3.8, 4) is 0 Å². The summed E-state index contributed by atoms with van der Waals surface area (Å²) in [5, 5.41) is 11.4. The summed E-state index contributed by atoms with van der Waals surface area (Å²) in [4.78, 5) is 0. The third-order valence-corrected chi connectivity index (χ3v) is 3.99. The maximum atomic E-state index is 15.1. The third kappa shape index (κ3) is 1.86. The Balaban J connectivity index is 1.89. The number of nitrogens with one attached hydrogen (secondary N) is 1. The number of nitrogens with zero attached hydrogens (tertiary/aromatic N) is 3. The van der Waals surface area contributed by atoms with E-state index in [2.05, 4.69) is 22.6 Å². The lowest BCUT2D eigenvalue weighted by Crippen LogP contribution is -2.45. The lowest BCUT2D eigenvalue weighted by Gasteiger charge is -2.34. The van der Waals surface area contributed by atoms with E-state index < -0.39 is 5.67 Å². The minimum Gasteiger partial charge on any atom is -0.311 e. The summed E-state index contributed by atoms with van der Waals surface area (Å²) in [6, 6.07) is 0.674. The van der Waals surface area contributed by atoms with Gasteiger partial charge in [-0.2, -0.15) is 0 Å². The van der Waals surface area contributed by atoms with Gasteiger partial charge in [0.1, 0.15) is 0 Å². The number of rotatable bonds is 3. The molecule has 2 atom stereocenters. The van der Waals surface area contributed by atoms with Crippen LogP contribution >= 0.6 is 0 Å². The van der Waals surface area contributed by atoms with Gasteiger partial charge < -0.3 is 5.32 Å². The van der Waals surface area contributed by atoms with Gasteiger partial charge in [0.05, 0.1) is 11.9 Å². The lowest BCUT2D eigenvalue weighted by molar-refractivity contribution is 0.0769. The molecule has 17 heavy (non-hydrogen) atoms. The van der Waals surface area contributed by atoms with E-state index in [4.69, 9.17) is 0 Å². The fraction of sp³-hybridized carbons (Fsp3) is 0.833. The number of hydrogen-bond acceptors (Lipinski definition) is 3. The van der Waals surface area contributed by atoms with Gasteiger partial charge in [-0.15, -0.1) is 5.10 Å². The van der Waals surface area contributed by atoms with Crippen LogP contribution in [0.3, 0.4) is 0 Å². The molecule has 5 heteroatoms. The molecule has 2 aliphatic rings. The number of fused-ring (bicyclic) bond motifs is 2. The standard InChI is InChI=1S/C12H19FN4/c1-2-5-17-11(8-14-16-17)12(13)6-9-3-4-10(7-12)15-9/h8-10,15H,2-7H2,1H3. The van der Waals surface area contributed by atoms with Gasteiger partial charge in [0, 0.05) is 31.5 Å². The third-order valence-electron chi connectivity index (χ3n) is 3.99. The van der Waals surface area contributed by atoms with E-state index in [0.29, 0.717) is 30.6 Å². The molecule has 0 amide bonds. The van der Waals surface area contributed by atoms with Crippen molar-refractivity contribution in [2.45, 2.75) is 63.3 Å². The lowest BCUT2D eigenvalue weighted by atomic mass is 9.86. The topological polar surface area (TPSA) is 42.7 Å². The second-order valence-electron chi connectivity index (χ2n) is 5.35. The van der Waals surface area contributed by atoms with Crippen molar-refractivity contribution in [1.82, 2.24) is 20.3 Å². The van der Waals surface area contributed by atoms with Crippen molar-refractivity contribution < 1.29 is 4.39 Å². The average molecular weight is 238 g/mol. The molecule has 0 radical (unpaired) electrons. The highest BCUT2D eigenvalue weighted by Crippen LogP contribution is 2.43. The number of hydrogen-bond donors (Lipinski definition) is 1. The number of aryl methyl sites for hydroxylation is 1. The van der Waals surface area contributed by atoms with E-state index in [-0.39, 0.29) is 0 Å². The van der Waals surface area contributed by atoms with Crippen LogP contribution in [0.25, 0.3) is 0 Å². The first-order valence-corrected chi connectivity index (χ1v) is 6.55. The van der Waals surface area contributed by atoms with E-state index in [9.17, 15) is 0 Å². The average Bonchev–Trinajstić information content (AvgIpc) is 2.87. The summed E-state index contributed by atoms with van der Waals surface area (Å²) in [6.07, 6.45) is 5.91. The Morgan fingerprint density at radius 3 is 2.82 bits per heavy atom. The monoisotopic (exact) mass is 238 g/mol. The van der Waals surface area contributed by atoms with Crippen LogP contribution < -0.4 is 5.32 Å². The van der Waals surface area contributed by atoms with Crippen LogP contribution in [0.2, 0.25) is 0 Å². The van der Waals surface area contributed by atoms with Crippen LogP contribution in [-0.2, 0) is 12.2 Å². The second-order valence-corrected chi connectivity index (χ2v) is 5.35. The highest BCUT2D eigenvalue weighted by molar-refractivity contribution is 5.14. The summed E-state index contributed by atoms with van der Waals surface area (Å²) < 4.78 is 16.9. The highest BCUT2D eigenvalue weighted by Gasteiger charge is 2.47. The van der Waals surface area contributed by atoms with Gasteiger partial charge >= 0.3 is 0 Å². The molecule has 1 N–H and O–H groups in total. The summed E-state index contributed by atoms with van der Waals surface area (Å²) in [6.45, 7) is 2.83. The van der Waals surface area contributed by atoms with Gasteiger partial charge in [-0.3, -0.25) is 0 Å². The predicted molar refractivity (Wildman–Crippen MR) is 62.3 cm³/mol. The largest absolute Gasteiger partial charge is 0.311 e. The quantitative estimate of drug-likeness (QED) is 0.872. The van der Waals surface area contributed by atoms with Crippen LogP contribution in [0.5, 0.6) is 0 Å². The van der Waals surface area contributed by atoms with Gasteiger partial charge in [-0.25, -0.2) is 9.07 Å². The van der Waals surface area contributed by atoms with E-state index in [1.807, 2.05) is 0 Å². The second kappa shape index (κ2) is 4.05. The molecular weight excluding hydrogens is 219 g/mol. The molecule has 2 bridgehead atoms. The Labute approximate surface area is 101 Å². The maximum absolute atomic E-state index is 15.1. The minimum atomic E-state index is -1.23. The first kappa shape index (κ1) is 11.1. The molecule has 4 nitrogen and oxygen atoms in total. The molecule has 2 fully saturated rings. The molecule has 0 aliphatic carbocycles. The van der Waals surface area contributed by atoms with Gasteiger partial charge in [-0.05, 0) is 19.3 Å². The number of alkyl halides is 1. The molecule has 0 saturated carbocycles. The van der Waals surface area contributed by atoms with Gasteiger partial charge in [0.25, 0.3) is 0 Å². The Kier molecular flexibility index (Phi) is 2.65. The van der Waals surface area contributed by atoms with E-state index >= 15 is 4.39 Å². The molecule has 2 saturated heterocycles. The van der Waals surface area contributed by atoms with Crippen molar-refractivity contribution in [3.05, 3.63) is 11.9 Å². The summed E-state index contributed by atoms with van der Waals surface area (Å²) in [5.74, 6) is 0. The molecule has 3 heterocycles. The van der Waals surface area contributed by atoms with Crippen molar-refractivity contribution >= 4 is 0 Å². The van der Waals surface area contributed by atoms with Crippen molar-refractivity contribution in [2.75, 3.05) is 0 Å². The Bertz CT molecular complexity index is 391. The first-order valence-electron chi connectivity index (χ1n) is 6.55. The van der Waals surface area contributed by atoms with Crippen LogP contribution in [0.4, 0.5) is 4.39 Å². The normalized spacial score (nSPS) is 36.4. The summed E-state index contributed by atoms with van der Waals surface area (Å²) in [7, 11) is 0. The SMILES string of the molecule is CCCn1nncc1C1(F)CC2CCC(C1)N2. The molecule has 1 aromatic heterocycles. The fourth-order valence-corrected chi connectivity index (χ4v) is 3.28. The van der Waals surface area contributed by atoms with Gasteiger partial charge in [-0.1, -0.05) is 12.1 Å². The van der Waals surface area contributed by atoms with Crippen molar-refractivity contribution in [3.63, 3.8) is 0 Å². The maximum Gasteiger partial charge on any atom is 0.157 e. The van der Waals surface area contributed by atoms with Crippen LogP contribution in [0.15, 0.2) is 6.20 Å². The van der Waals surface area contributed by atoms with Crippen LogP contribution in [-0.4, -0.2) is 27.1 Å². The van der Waals surface area contributed by atoms with E-state index in [1.54, 1.807) is 10.9 Å². The smallest absolute Gasteiger partial charge is 0.157 e. The Hall–Kier alpha value is -0.970. The molecule has 3 rings (SSSR count). The zero-order valence-corrected chi connectivity index (χ0v) is 10.2. The number of piperidine rings is 1. The summed E-state index contributed by atoms with van der Waals surface area (Å²) in [5.41, 5.74) is -0.548. The minimum absolute atomic E-state index is 0.337. The highest BCUT2D eigenvalue weighted by atomic mass is 19.1. The molecule has 2 aliphatic heterocycles. The van der Waals surface area contributed by atoms with Crippen LogP contribution in [0.1, 0.15) is 44.7 Å². The molecule has 94 valence electrons. The van der Waals surface area contributed by atoms with Gasteiger partial charge in [0.2, 0.25) is 0 Å². The Morgan fingerprint density at radius 1 is 1.47 bits per heavy atom. The van der Waals surface area contributed by atoms with E-state index in [0.717, 1.165) is 25.8 Å². The zero-order chi connectivity index (χ0) is 11.9. The van der Waals surface area contributed by atoms with Crippen LogP contribution in [0, 0.1) is 0 Å². The number of aromatic nitrogens is 3. The molecular formula is C12H19FN4.